The first kappa shape index (κ1) is 29.1. The van der Waals surface area contributed by atoms with Crippen molar-refractivity contribution in [3.63, 3.8) is 0 Å². The van der Waals surface area contributed by atoms with Crippen LogP contribution in [0, 0.1) is 0 Å². The molecule has 0 heterocycles. The van der Waals surface area contributed by atoms with Gasteiger partial charge in [0, 0.05) is 18.7 Å². The number of rotatable bonds is 12. The van der Waals surface area contributed by atoms with Crippen molar-refractivity contribution in [2.75, 3.05) is 38.4 Å². The first-order valence-corrected chi connectivity index (χ1v) is 14.3. The fourth-order valence-electron chi connectivity index (χ4n) is 4.53. The molecule has 0 spiro atoms. The average Bonchev–Trinajstić information content (AvgIpc) is 3.42. The fourth-order valence-corrected chi connectivity index (χ4v) is 5.38. The Morgan fingerprint density at radius 3 is 2.26 bits per heavy atom. The second-order valence-corrected chi connectivity index (χ2v) is 11.3. The zero-order valence-corrected chi connectivity index (χ0v) is 23.4. The normalized spacial score (nSPS) is 14.4. The van der Waals surface area contributed by atoms with Crippen LogP contribution < -0.4 is 23.8 Å². The van der Waals surface area contributed by atoms with Crippen LogP contribution in [0.25, 0.3) is 0 Å². The van der Waals surface area contributed by atoms with Crippen molar-refractivity contribution in [3.05, 3.63) is 48.0 Å². The predicted octanol–water partition coefficient (Wildman–Crippen LogP) is 2.95. The molecule has 2 amide bonds. The summed E-state index contributed by atoms with van der Waals surface area (Å²) in [5.74, 6) is 0.501. The average molecular weight is 548 g/mol. The summed E-state index contributed by atoms with van der Waals surface area (Å²) in [5, 5.41) is 3.05. The maximum absolute atomic E-state index is 13.8. The fraction of sp³-hybridized carbons (Fsp3) is 0.481. The third-order valence-electron chi connectivity index (χ3n) is 6.69. The second kappa shape index (κ2) is 12.9. The highest BCUT2D eigenvalue weighted by molar-refractivity contribution is 7.92. The number of anilines is 1. The van der Waals surface area contributed by atoms with E-state index in [0.29, 0.717) is 11.5 Å². The maximum atomic E-state index is 13.8. The number of nitrogens with one attached hydrogen (secondary N) is 1. The van der Waals surface area contributed by atoms with Crippen molar-refractivity contribution in [2.45, 2.75) is 51.2 Å². The van der Waals surface area contributed by atoms with Crippen LogP contribution in [-0.2, 0) is 26.2 Å². The number of sulfonamides is 1. The first-order chi connectivity index (χ1) is 18.1. The van der Waals surface area contributed by atoms with E-state index in [0.717, 1.165) is 41.8 Å². The van der Waals surface area contributed by atoms with Gasteiger partial charge in [-0.1, -0.05) is 25.0 Å². The standard InChI is InChI=1S/C27H37N3O7S/c1-19(27(32)28-21-10-6-7-11-21)29(17-20-9-8-12-22(15-20)35-2)26(31)18-30(38(5,33)34)24-14-13-23(36-3)16-25(24)37-4/h8-9,12-16,19,21H,6-7,10-11,17-18H2,1-5H3,(H,28,32)/t19-/m0/s1. The minimum absolute atomic E-state index is 0.0785. The summed E-state index contributed by atoms with van der Waals surface area (Å²) in [6, 6.07) is 11.1. The highest BCUT2D eigenvalue weighted by Gasteiger charge is 2.32. The van der Waals surface area contributed by atoms with Crippen molar-refractivity contribution in [2.24, 2.45) is 0 Å². The molecule has 1 aliphatic carbocycles. The summed E-state index contributed by atoms with van der Waals surface area (Å²) in [6.45, 7) is 1.22. The van der Waals surface area contributed by atoms with Gasteiger partial charge >= 0.3 is 0 Å². The number of hydrogen-bond acceptors (Lipinski definition) is 7. The van der Waals surface area contributed by atoms with Crippen LogP contribution in [0.3, 0.4) is 0 Å². The van der Waals surface area contributed by atoms with Crippen LogP contribution in [0.4, 0.5) is 5.69 Å². The van der Waals surface area contributed by atoms with Gasteiger partial charge in [-0.3, -0.25) is 13.9 Å². The van der Waals surface area contributed by atoms with E-state index in [1.807, 2.05) is 6.07 Å². The van der Waals surface area contributed by atoms with Crippen LogP contribution in [0.1, 0.15) is 38.2 Å². The molecule has 0 aromatic heterocycles. The highest BCUT2D eigenvalue weighted by Crippen LogP contribution is 2.33. The molecule has 2 aromatic rings. The molecule has 0 aliphatic heterocycles. The lowest BCUT2D eigenvalue weighted by Crippen LogP contribution is -2.52. The third-order valence-corrected chi connectivity index (χ3v) is 7.82. The van der Waals surface area contributed by atoms with Gasteiger partial charge < -0.3 is 24.4 Å². The molecule has 0 saturated heterocycles. The van der Waals surface area contributed by atoms with E-state index in [9.17, 15) is 18.0 Å². The number of carbonyl (C=O) groups excluding carboxylic acids is 2. The molecule has 10 nitrogen and oxygen atoms in total. The number of amides is 2. The summed E-state index contributed by atoms with van der Waals surface area (Å²) >= 11 is 0. The van der Waals surface area contributed by atoms with Crippen LogP contribution >= 0.6 is 0 Å². The molecule has 2 aromatic carbocycles. The van der Waals surface area contributed by atoms with E-state index >= 15 is 0 Å². The Balaban J connectivity index is 1.94. The number of carbonyl (C=O) groups is 2. The Labute approximate surface area is 224 Å². The zero-order valence-electron chi connectivity index (χ0n) is 22.6. The molecule has 38 heavy (non-hydrogen) atoms. The van der Waals surface area contributed by atoms with E-state index in [1.54, 1.807) is 44.4 Å². The van der Waals surface area contributed by atoms with Crippen molar-refractivity contribution >= 4 is 27.5 Å². The molecular formula is C27H37N3O7S. The molecule has 1 atom stereocenters. The van der Waals surface area contributed by atoms with E-state index in [1.165, 1.54) is 25.2 Å². The zero-order chi connectivity index (χ0) is 27.9. The molecule has 1 fully saturated rings. The lowest BCUT2D eigenvalue weighted by molar-refractivity contribution is -0.139. The smallest absolute Gasteiger partial charge is 0.244 e. The van der Waals surface area contributed by atoms with Gasteiger partial charge in [-0.15, -0.1) is 0 Å². The van der Waals surface area contributed by atoms with Crippen LogP contribution in [-0.4, -0.2) is 71.3 Å². The van der Waals surface area contributed by atoms with Crippen molar-refractivity contribution < 1.29 is 32.2 Å². The lowest BCUT2D eigenvalue weighted by Gasteiger charge is -2.32. The second-order valence-electron chi connectivity index (χ2n) is 9.35. The Morgan fingerprint density at radius 2 is 1.66 bits per heavy atom. The molecule has 0 radical (unpaired) electrons. The van der Waals surface area contributed by atoms with Crippen LogP contribution in [0.2, 0.25) is 0 Å². The minimum atomic E-state index is -3.90. The Morgan fingerprint density at radius 1 is 1.00 bits per heavy atom. The van der Waals surface area contributed by atoms with Gasteiger partial charge in [-0.2, -0.15) is 0 Å². The molecule has 0 bridgehead atoms. The summed E-state index contributed by atoms with van der Waals surface area (Å²) in [5.41, 5.74) is 0.930. The van der Waals surface area contributed by atoms with Gasteiger partial charge in [-0.25, -0.2) is 8.42 Å². The molecule has 1 N–H and O–H groups in total. The highest BCUT2D eigenvalue weighted by atomic mass is 32.2. The first-order valence-electron chi connectivity index (χ1n) is 12.5. The molecule has 11 heteroatoms. The van der Waals surface area contributed by atoms with Gasteiger partial charge in [0.05, 0.1) is 33.3 Å². The Bertz CT molecular complexity index is 1230. The molecule has 208 valence electrons. The van der Waals surface area contributed by atoms with E-state index < -0.39 is 28.5 Å². The quantitative estimate of drug-likeness (QED) is 0.435. The molecule has 3 rings (SSSR count). The number of methoxy groups -OCH3 is 3. The van der Waals surface area contributed by atoms with Gasteiger partial charge in [0.25, 0.3) is 0 Å². The summed E-state index contributed by atoms with van der Waals surface area (Å²) in [4.78, 5) is 28.4. The number of ether oxygens (including phenoxy) is 3. The maximum Gasteiger partial charge on any atom is 0.244 e. The van der Waals surface area contributed by atoms with Crippen LogP contribution in [0.15, 0.2) is 42.5 Å². The Kier molecular flexibility index (Phi) is 9.84. The van der Waals surface area contributed by atoms with Crippen LogP contribution in [0.5, 0.6) is 17.2 Å². The van der Waals surface area contributed by atoms with E-state index in [-0.39, 0.29) is 29.9 Å². The van der Waals surface area contributed by atoms with Gasteiger partial charge in [0.1, 0.15) is 29.8 Å². The predicted molar refractivity (Wildman–Crippen MR) is 145 cm³/mol. The lowest BCUT2D eigenvalue weighted by atomic mass is 10.1. The van der Waals surface area contributed by atoms with Gasteiger partial charge in [0.15, 0.2) is 0 Å². The summed E-state index contributed by atoms with van der Waals surface area (Å²) in [7, 11) is 0.540. The molecule has 1 saturated carbocycles. The number of nitrogens with zero attached hydrogens (tertiary/aromatic N) is 2. The molecule has 1 aliphatic rings. The minimum Gasteiger partial charge on any atom is -0.497 e. The Hall–Kier alpha value is -3.47. The summed E-state index contributed by atoms with van der Waals surface area (Å²) < 4.78 is 42.6. The van der Waals surface area contributed by atoms with Crippen molar-refractivity contribution in [1.82, 2.24) is 10.2 Å². The van der Waals surface area contributed by atoms with Gasteiger partial charge in [-0.05, 0) is 49.6 Å². The summed E-state index contributed by atoms with van der Waals surface area (Å²) in [6.07, 6.45) is 4.94. The molecule has 0 unspecified atom stereocenters. The third kappa shape index (κ3) is 7.31. The van der Waals surface area contributed by atoms with E-state index in [2.05, 4.69) is 5.32 Å². The largest absolute Gasteiger partial charge is 0.497 e. The monoisotopic (exact) mass is 547 g/mol. The SMILES string of the molecule is COc1cccc(CN(C(=O)CN(c2ccc(OC)cc2OC)S(C)(=O)=O)[C@@H](C)C(=O)NC2CCCC2)c1. The van der Waals surface area contributed by atoms with Crippen molar-refractivity contribution in [3.8, 4) is 17.2 Å². The van der Waals surface area contributed by atoms with Gasteiger partial charge in [0.2, 0.25) is 21.8 Å². The van der Waals surface area contributed by atoms with Crippen molar-refractivity contribution in [1.29, 1.82) is 0 Å². The van der Waals surface area contributed by atoms with E-state index in [4.69, 9.17) is 14.2 Å². The molecular weight excluding hydrogens is 510 g/mol. The number of benzene rings is 2. The number of hydrogen-bond donors (Lipinski definition) is 1. The topological polar surface area (TPSA) is 114 Å².